The van der Waals surface area contributed by atoms with Crippen molar-refractivity contribution in [3.05, 3.63) is 82.3 Å². The third-order valence-corrected chi connectivity index (χ3v) is 6.77. The number of amides is 2. The number of hydrogen-bond donors (Lipinski definition) is 2. The molecule has 1 aliphatic heterocycles. The summed E-state index contributed by atoms with van der Waals surface area (Å²) >= 11 is 0. The zero-order valence-electron chi connectivity index (χ0n) is 18.8. The number of nitrogens with zero attached hydrogens (tertiary/aromatic N) is 2. The molecule has 1 aromatic heterocycles. The quantitative estimate of drug-likeness (QED) is 0.613. The van der Waals surface area contributed by atoms with E-state index in [4.69, 9.17) is 5.10 Å². The van der Waals surface area contributed by atoms with Gasteiger partial charge in [0.05, 0.1) is 11.7 Å². The van der Waals surface area contributed by atoms with E-state index in [1.165, 1.54) is 12.1 Å². The molecule has 6 nitrogen and oxygen atoms in total. The molecule has 5 rings (SSSR count). The highest BCUT2D eigenvalue weighted by Gasteiger charge is 2.42. The van der Waals surface area contributed by atoms with Crippen LogP contribution in [-0.4, -0.2) is 27.6 Å². The minimum absolute atomic E-state index is 0.250. The number of fused-ring (bicyclic) bond motifs is 1. The number of anilines is 1. The predicted octanol–water partition coefficient (Wildman–Crippen LogP) is 4.64. The van der Waals surface area contributed by atoms with Crippen molar-refractivity contribution in [2.45, 2.75) is 57.5 Å². The molecule has 0 radical (unpaired) electrons. The highest BCUT2D eigenvalue weighted by molar-refractivity contribution is 6.04. The highest BCUT2D eigenvalue weighted by Crippen LogP contribution is 2.42. The molecule has 0 spiro atoms. The van der Waals surface area contributed by atoms with Crippen LogP contribution >= 0.6 is 0 Å². The summed E-state index contributed by atoms with van der Waals surface area (Å²) in [4.78, 5) is 26.5. The van der Waals surface area contributed by atoms with E-state index in [2.05, 4.69) is 10.6 Å². The molecule has 1 aliphatic carbocycles. The van der Waals surface area contributed by atoms with Gasteiger partial charge in [0.25, 0.3) is 5.91 Å². The van der Waals surface area contributed by atoms with Crippen LogP contribution in [0.5, 0.6) is 0 Å². The Morgan fingerprint density at radius 3 is 2.55 bits per heavy atom. The maximum absolute atomic E-state index is 13.7. The van der Waals surface area contributed by atoms with Crippen LogP contribution in [-0.2, 0) is 4.79 Å². The van der Waals surface area contributed by atoms with Gasteiger partial charge < -0.3 is 10.6 Å². The summed E-state index contributed by atoms with van der Waals surface area (Å²) in [6.07, 6.45) is 4.34. The number of nitrogens with one attached hydrogen (secondary N) is 2. The Bertz CT molecular complexity index is 1210. The first-order valence-corrected chi connectivity index (χ1v) is 11.4. The van der Waals surface area contributed by atoms with Crippen LogP contribution in [0.2, 0.25) is 0 Å². The fraction of sp³-hybridized carbons (Fsp3) is 0.346. The summed E-state index contributed by atoms with van der Waals surface area (Å²) < 4.78 is 15.7. The number of rotatable bonds is 4. The molecule has 0 bridgehead atoms. The molecule has 2 aliphatic rings. The summed E-state index contributed by atoms with van der Waals surface area (Å²) in [5.41, 5.74) is 3.89. The van der Waals surface area contributed by atoms with Crippen LogP contribution < -0.4 is 10.6 Å². The molecule has 7 heteroatoms. The van der Waals surface area contributed by atoms with Crippen LogP contribution in [0.25, 0.3) is 0 Å². The standard InChI is InChI=1S/C26H27FN4O2/c1-15-6-5-7-18(14-15)25(32)28-23-22(17-10-12-19(27)13-11-17)21-16(2)30-31(20-8-3-4-9-20)24(21)29-26(23)33/h5-7,10-14,20,22-23H,3-4,8-9H2,1-2H3,(H,28,32)(H,29,33)/t22-,23-/m0/s1. The lowest BCUT2D eigenvalue weighted by molar-refractivity contribution is -0.118. The van der Waals surface area contributed by atoms with Crippen LogP contribution in [0.1, 0.15) is 70.4 Å². The number of carbonyl (C=O) groups is 2. The van der Waals surface area contributed by atoms with E-state index in [1.54, 1.807) is 24.3 Å². The molecule has 1 fully saturated rings. The average Bonchev–Trinajstić information content (AvgIpc) is 3.43. The lowest BCUT2D eigenvalue weighted by Gasteiger charge is -2.33. The number of carbonyl (C=O) groups excluding carboxylic acids is 2. The van der Waals surface area contributed by atoms with E-state index in [0.717, 1.165) is 48.1 Å². The van der Waals surface area contributed by atoms with Gasteiger partial charge in [0.1, 0.15) is 17.7 Å². The Hall–Kier alpha value is -3.48. The third-order valence-electron chi connectivity index (χ3n) is 6.77. The fourth-order valence-electron chi connectivity index (χ4n) is 5.17. The molecule has 3 aromatic rings. The Kier molecular flexibility index (Phi) is 5.48. The van der Waals surface area contributed by atoms with Crippen molar-refractivity contribution in [1.29, 1.82) is 0 Å². The molecule has 2 amide bonds. The molecule has 0 unspecified atom stereocenters. The van der Waals surface area contributed by atoms with Crippen molar-refractivity contribution >= 4 is 17.6 Å². The van der Waals surface area contributed by atoms with Gasteiger partial charge in [-0.25, -0.2) is 9.07 Å². The Morgan fingerprint density at radius 1 is 1.12 bits per heavy atom. The molecular formula is C26H27FN4O2. The van der Waals surface area contributed by atoms with Crippen molar-refractivity contribution in [2.24, 2.45) is 0 Å². The molecule has 170 valence electrons. The monoisotopic (exact) mass is 446 g/mol. The number of hydrogen-bond acceptors (Lipinski definition) is 3. The van der Waals surface area contributed by atoms with E-state index >= 15 is 0 Å². The van der Waals surface area contributed by atoms with E-state index < -0.39 is 12.0 Å². The van der Waals surface area contributed by atoms with Crippen LogP contribution in [0, 0.1) is 19.7 Å². The largest absolute Gasteiger partial charge is 0.339 e. The molecule has 1 saturated carbocycles. The predicted molar refractivity (Wildman–Crippen MR) is 124 cm³/mol. The van der Waals surface area contributed by atoms with Crippen molar-refractivity contribution in [2.75, 3.05) is 5.32 Å². The third kappa shape index (κ3) is 3.92. The summed E-state index contributed by atoms with van der Waals surface area (Å²) in [5, 5.41) is 10.8. The van der Waals surface area contributed by atoms with E-state index in [1.807, 2.05) is 30.7 Å². The summed E-state index contributed by atoms with van der Waals surface area (Å²) in [7, 11) is 0. The zero-order valence-corrected chi connectivity index (χ0v) is 18.8. The maximum Gasteiger partial charge on any atom is 0.251 e. The molecule has 2 N–H and O–H groups in total. The smallest absolute Gasteiger partial charge is 0.251 e. The maximum atomic E-state index is 13.7. The van der Waals surface area contributed by atoms with Gasteiger partial charge in [-0.2, -0.15) is 5.10 Å². The van der Waals surface area contributed by atoms with Crippen LogP contribution in [0.15, 0.2) is 48.5 Å². The number of aryl methyl sites for hydroxylation is 2. The lowest BCUT2D eigenvalue weighted by Crippen LogP contribution is -2.50. The summed E-state index contributed by atoms with van der Waals surface area (Å²) in [6, 6.07) is 12.8. The van der Waals surface area contributed by atoms with Gasteiger partial charge in [0, 0.05) is 17.0 Å². The molecule has 2 heterocycles. The molecule has 2 aromatic carbocycles. The topological polar surface area (TPSA) is 76.0 Å². The lowest BCUT2D eigenvalue weighted by atomic mass is 9.81. The molecule has 2 atom stereocenters. The van der Waals surface area contributed by atoms with Gasteiger partial charge >= 0.3 is 0 Å². The first-order valence-electron chi connectivity index (χ1n) is 11.4. The van der Waals surface area contributed by atoms with Crippen molar-refractivity contribution in [3.8, 4) is 0 Å². The molecular weight excluding hydrogens is 419 g/mol. The SMILES string of the molecule is Cc1cccc(C(=O)N[C@@H]2C(=O)Nc3c(c(C)nn3C3CCCC3)[C@@H]2c2ccc(F)cc2)c1. The first kappa shape index (κ1) is 21.4. The molecule has 33 heavy (non-hydrogen) atoms. The number of halogens is 1. The van der Waals surface area contributed by atoms with Crippen molar-refractivity contribution in [3.63, 3.8) is 0 Å². The van der Waals surface area contributed by atoms with Crippen LogP contribution in [0.3, 0.4) is 0 Å². The average molecular weight is 447 g/mol. The van der Waals surface area contributed by atoms with Gasteiger partial charge in [0.15, 0.2) is 0 Å². The van der Waals surface area contributed by atoms with Gasteiger partial charge in [-0.3, -0.25) is 9.59 Å². The highest BCUT2D eigenvalue weighted by atomic mass is 19.1. The summed E-state index contributed by atoms with van der Waals surface area (Å²) in [5.74, 6) is -0.747. The minimum atomic E-state index is -0.851. The van der Waals surface area contributed by atoms with Crippen molar-refractivity contribution < 1.29 is 14.0 Å². The second kappa shape index (κ2) is 8.46. The second-order valence-electron chi connectivity index (χ2n) is 9.07. The van der Waals surface area contributed by atoms with E-state index in [0.29, 0.717) is 11.4 Å². The normalized spacial score (nSPS) is 20.4. The van der Waals surface area contributed by atoms with E-state index in [9.17, 15) is 14.0 Å². The first-order chi connectivity index (χ1) is 15.9. The van der Waals surface area contributed by atoms with E-state index in [-0.39, 0.29) is 23.7 Å². The zero-order chi connectivity index (χ0) is 23.1. The van der Waals surface area contributed by atoms with Crippen molar-refractivity contribution in [1.82, 2.24) is 15.1 Å². The Balaban J connectivity index is 1.58. The number of benzene rings is 2. The number of aromatic nitrogens is 2. The Labute approximate surface area is 192 Å². The fourth-order valence-corrected chi connectivity index (χ4v) is 5.17. The van der Waals surface area contributed by atoms with Gasteiger partial charge in [-0.05, 0) is 56.5 Å². The van der Waals surface area contributed by atoms with Gasteiger partial charge in [-0.1, -0.05) is 42.7 Å². The minimum Gasteiger partial charge on any atom is -0.339 e. The second-order valence-corrected chi connectivity index (χ2v) is 9.07. The van der Waals surface area contributed by atoms with Crippen LogP contribution in [0.4, 0.5) is 10.2 Å². The van der Waals surface area contributed by atoms with Gasteiger partial charge in [0.2, 0.25) is 5.91 Å². The molecule has 0 saturated heterocycles. The summed E-state index contributed by atoms with van der Waals surface area (Å²) in [6.45, 7) is 3.84. The Morgan fingerprint density at radius 2 is 1.85 bits per heavy atom. The van der Waals surface area contributed by atoms with Gasteiger partial charge in [-0.15, -0.1) is 0 Å².